The molecule has 0 aliphatic carbocycles. The second-order valence-corrected chi connectivity index (χ2v) is 7.64. The Kier molecular flexibility index (Phi) is 5.41. The van der Waals surface area contributed by atoms with Gasteiger partial charge >= 0.3 is 0 Å². The predicted octanol–water partition coefficient (Wildman–Crippen LogP) is 3.49. The van der Waals surface area contributed by atoms with Gasteiger partial charge in [-0.15, -0.1) is 10.2 Å². The molecule has 0 aliphatic heterocycles. The van der Waals surface area contributed by atoms with Crippen molar-refractivity contribution in [2.24, 2.45) is 5.73 Å². The Bertz CT molecular complexity index is 1180. The monoisotopic (exact) mass is 414 g/mol. The Morgan fingerprint density at radius 3 is 2.52 bits per heavy atom. The van der Waals surface area contributed by atoms with Crippen LogP contribution in [0.1, 0.15) is 5.71 Å². The number of anilines is 1. The lowest BCUT2D eigenvalue weighted by atomic mass is 10.1. The highest BCUT2D eigenvalue weighted by Gasteiger charge is 2.18. The number of hydrogen-bond donors (Lipinski definition) is 2. The van der Waals surface area contributed by atoms with Gasteiger partial charge in [0.15, 0.2) is 11.5 Å². The van der Waals surface area contributed by atoms with Gasteiger partial charge in [0.1, 0.15) is 0 Å². The Hall–Kier alpha value is -3.43. The Balaban J connectivity index is 0.00000256. The van der Waals surface area contributed by atoms with Gasteiger partial charge in [0.25, 0.3) is 5.89 Å². The van der Waals surface area contributed by atoms with Crippen molar-refractivity contribution in [1.82, 2.24) is 20.2 Å². The van der Waals surface area contributed by atoms with E-state index in [0.29, 0.717) is 34.3 Å². The molecule has 0 aliphatic rings. The summed E-state index contributed by atoms with van der Waals surface area (Å²) in [5.41, 5.74) is 13.8. The first-order valence-corrected chi connectivity index (χ1v) is 10.2. The first kappa shape index (κ1) is 18.9. The number of benzene rings is 2. The first-order chi connectivity index (χ1) is 14.2. The molecule has 8 nitrogen and oxygen atoms in total. The molecule has 2 aromatic heterocycles. The summed E-state index contributed by atoms with van der Waals surface area (Å²) >= 11 is 0. The molecule has 1 unspecified atom stereocenters. The number of nitrogens with two attached hydrogens (primary N) is 2. The molecule has 154 valence electrons. The summed E-state index contributed by atoms with van der Waals surface area (Å²) in [6.45, 7) is 0.323. The Morgan fingerprint density at radius 2 is 1.72 bits per heavy atom. The van der Waals surface area contributed by atoms with E-state index in [0.717, 1.165) is 5.56 Å². The minimum absolute atomic E-state index is 0. The molecule has 1 atom stereocenters. The summed E-state index contributed by atoms with van der Waals surface area (Å²) in [4.78, 5) is 9.44. The van der Waals surface area contributed by atoms with Crippen molar-refractivity contribution in [3.8, 4) is 34.3 Å². The maximum absolute atomic E-state index is 12.5. The molecule has 4 rings (SSSR count). The second-order valence-electron chi connectivity index (χ2n) is 6.10. The molecule has 0 amide bonds. The average molecular weight is 415 g/mol. The van der Waals surface area contributed by atoms with Crippen molar-refractivity contribution >= 4 is 16.6 Å². The molecule has 4 N–H and O–H groups in total. The van der Waals surface area contributed by atoms with Gasteiger partial charge in [0, 0.05) is 34.0 Å². The smallest absolute Gasteiger partial charge is 0.270 e. The Labute approximate surface area is 175 Å². The molecule has 0 bridgehead atoms. The first-order valence-electron chi connectivity index (χ1n) is 8.87. The topological polar surface area (TPSA) is 134 Å². The van der Waals surface area contributed by atoms with Gasteiger partial charge < -0.3 is 15.9 Å². The van der Waals surface area contributed by atoms with E-state index in [2.05, 4.69) is 20.2 Å². The fourth-order valence-corrected chi connectivity index (χ4v) is 3.88. The van der Waals surface area contributed by atoms with Crippen LogP contribution in [0.2, 0.25) is 0 Å². The van der Waals surface area contributed by atoms with Crippen molar-refractivity contribution in [3.05, 3.63) is 60.8 Å². The largest absolute Gasteiger partial charge is 0.414 e. The molecule has 0 radical (unpaired) electrons. The maximum atomic E-state index is 12.5. The van der Waals surface area contributed by atoms with Gasteiger partial charge in [-0.05, 0) is 18.2 Å². The van der Waals surface area contributed by atoms with Crippen LogP contribution in [0.25, 0.3) is 34.3 Å². The van der Waals surface area contributed by atoms with Crippen LogP contribution in [0.4, 0.5) is 5.82 Å². The summed E-state index contributed by atoms with van der Waals surface area (Å²) in [7, 11) is -1.25. The summed E-state index contributed by atoms with van der Waals surface area (Å²) in [6, 6.07) is 16.7. The van der Waals surface area contributed by atoms with Gasteiger partial charge in [-0.25, -0.2) is 9.97 Å². The summed E-state index contributed by atoms with van der Waals surface area (Å²) in [6.07, 6.45) is 1.53. The van der Waals surface area contributed by atoms with Crippen LogP contribution in [0.15, 0.2) is 70.1 Å². The molecule has 0 fully saturated rings. The zero-order chi connectivity index (χ0) is 20.2. The van der Waals surface area contributed by atoms with Crippen molar-refractivity contribution < 1.29 is 14.3 Å². The number of hydrogen-bond acceptors (Lipinski definition) is 8. The van der Waals surface area contributed by atoms with Crippen molar-refractivity contribution in [2.75, 3.05) is 18.0 Å². The van der Waals surface area contributed by atoms with Crippen molar-refractivity contribution in [1.29, 1.82) is 0 Å². The fraction of sp³-hybridized carbons (Fsp3) is 0.100. The second kappa shape index (κ2) is 8.29. The molecule has 0 saturated heterocycles. The molecule has 2 heterocycles. The average Bonchev–Trinajstić information content (AvgIpc) is 3.25. The van der Waals surface area contributed by atoms with Crippen LogP contribution in [0, 0.1) is 0 Å². The molecule has 0 saturated carbocycles. The number of nitrogens with zero attached hydrogens (tertiary/aromatic N) is 4. The van der Waals surface area contributed by atoms with Crippen LogP contribution in [-0.2, 0) is 10.8 Å². The highest BCUT2D eigenvalue weighted by molar-refractivity contribution is 7.85. The van der Waals surface area contributed by atoms with Crippen molar-refractivity contribution in [2.45, 2.75) is 4.90 Å². The lowest BCUT2D eigenvalue weighted by Crippen LogP contribution is -2.11. The van der Waals surface area contributed by atoms with Crippen LogP contribution < -0.4 is 11.5 Å². The number of aromatic nitrogens is 4. The summed E-state index contributed by atoms with van der Waals surface area (Å²) in [5.74, 6) is 1.04. The van der Waals surface area contributed by atoms with E-state index in [1.165, 1.54) is 6.20 Å². The van der Waals surface area contributed by atoms with Gasteiger partial charge in [-0.3, -0.25) is 4.21 Å². The zero-order valence-corrected chi connectivity index (χ0v) is 16.2. The minimum atomic E-state index is -1.25. The normalized spacial score (nSPS) is 12.0. The molecule has 2 aromatic carbocycles. The van der Waals surface area contributed by atoms with Crippen molar-refractivity contribution in [3.63, 3.8) is 0 Å². The summed E-state index contributed by atoms with van der Waals surface area (Å²) < 4.78 is 18.3. The van der Waals surface area contributed by atoms with E-state index < -0.39 is 10.8 Å². The van der Waals surface area contributed by atoms with Gasteiger partial charge in [-0.1, -0.05) is 36.4 Å². The van der Waals surface area contributed by atoms with Crippen LogP contribution in [0.3, 0.4) is 0 Å². The van der Waals surface area contributed by atoms with Gasteiger partial charge in [0.05, 0.1) is 22.7 Å². The lowest BCUT2D eigenvalue weighted by molar-refractivity contribution is 0.582. The highest BCUT2D eigenvalue weighted by Crippen LogP contribution is 2.30. The van der Waals surface area contributed by atoms with E-state index in [4.69, 9.17) is 15.9 Å². The fourth-order valence-electron chi connectivity index (χ4n) is 2.80. The third-order valence-electron chi connectivity index (χ3n) is 4.16. The predicted molar refractivity (Wildman–Crippen MR) is 119 cm³/mol. The molecular formula is C20H26N6O2S. The zero-order valence-electron chi connectivity index (χ0n) is 15.4. The van der Waals surface area contributed by atoms with Gasteiger partial charge in [-0.2, -0.15) is 0 Å². The highest BCUT2D eigenvalue weighted by atomic mass is 32.2. The van der Waals surface area contributed by atoms with Crippen LogP contribution in [-0.4, -0.2) is 36.7 Å². The number of nitrogen functional groups attached to an aromatic ring is 1. The van der Waals surface area contributed by atoms with E-state index in [9.17, 15) is 4.21 Å². The minimum Gasteiger partial charge on any atom is -0.414 e. The van der Waals surface area contributed by atoms with E-state index >= 15 is 0 Å². The van der Waals surface area contributed by atoms with Crippen LogP contribution in [0.5, 0.6) is 0 Å². The standard InChI is InChI=1S/C20H18N6O2S.4H2/c21-10-11-29(27)16-9-5-4-8-14(16)15-12-23-18(22)17(24-15)20-26-25-19(28-20)13-6-2-1-3-7-13;;;;/h1-9,12H,10-11,21H2,(H2,22,23);4*1H. The molecular weight excluding hydrogens is 388 g/mol. The summed E-state index contributed by atoms with van der Waals surface area (Å²) in [5, 5.41) is 8.14. The molecule has 0 spiro atoms. The Morgan fingerprint density at radius 1 is 1.00 bits per heavy atom. The van der Waals surface area contributed by atoms with Crippen LogP contribution >= 0.6 is 0 Å². The lowest BCUT2D eigenvalue weighted by Gasteiger charge is -2.09. The third-order valence-corrected chi connectivity index (χ3v) is 5.61. The van der Waals surface area contributed by atoms with E-state index in [-0.39, 0.29) is 23.1 Å². The maximum Gasteiger partial charge on any atom is 0.270 e. The molecule has 4 aromatic rings. The van der Waals surface area contributed by atoms with E-state index in [1.54, 1.807) is 6.07 Å². The van der Waals surface area contributed by atoms with Gasteiger partial charge in [0.2, 0.25) is 5.89 Å². The molecule has 29 heavy (non-hydrogen) atoms. The SMILES string of the molecule is NCCS(=O)c1ccccc1-c1cnc(N)c(-c2nnc(-c3ccccc3)o2)n1.[HH].[HH].[HH].[HH]. The quantitative estimate of drug-likeness (QED) is 0.489. The molecule has 9 heteroatoms. The third kappa shape index (κ3) is 3.91. The number of rotatable bonds is 6. The van der Waals surface area contributed by atoms with E-state index in [1.807, 2.05) is 48.5 Å².